The van der Waals surface area contributed by atoms with E-state index in [0.29, 0.717) is 16.7 Å². The number of benzene rings is 2. The molecular weight excluding hydrogens is 428 g/mol. The van der Waals surface area contributed by atoms with Gasteiger partial charge in [0.05, 0.1) is 6.61 Å². The van der Waals surface area contributed by atoms with Crippen molar-refractivity contribution in [1.82, 2.24) is 4.57 Å². The lowest BCUT2D eigenvalue weighted by molar-refractivity contribution is 0.0973. The number of amides is 1. The molecule has 1 unspecified atom stereocenters. The van der Waals surface area contributed by atoms with Crippen molar-refractivity contribution >= 4 is 11.7 Å². The molecule has 178 valence electrons. The maximum Gasteiger partial charge on any atom is 0.250 e. The van der Waals surface area contributed by atoms with E-state index in [0.717, 1.165) is 16.7 Å². The normalized spacial score (nSPS) is 13.0. The number of carbonyl (C=O) groups excluding carboxylic acids is 2. The summed E-state index contributed by atoms with van der Waals surface area (Å²) in [6, 6.07) is 16.3. The average molecular weight is 461 g/mol. The van der Waals surface area contributed by atoms with Crippen LogP contribution in [0, 0.1) is 12.8 Å². The Kier molecular flexibility index (Phi) is 7.84. The van der Waals surface area contributed by atoms with E-state index in [2.05, 4.69) is 0 Å². The highest BCUT2D eigenvalue weighted by Gasteiger charge is 2.26. The molecule has 1 amide bonds. The standard InChI is InChI=1S/C28H32N2O4/c1-17(2)25(16-31)24-13-19(9-11-22(24)28(29)34)23(21-8-6-5-7-18(21)3)14-26(32)20-10-12-27(33)30(4)15-20/h5-13,15,17,23,25,31H,14,16H2,1-4H3,(H2,29,34)/t23?,25-/m1/s1. The zero-order valence-corrected chi connectivity index (χ0v) is 20.1. The summed E-state index contributed by atoms with van der Waals surface area (Å²) in [5, 5.41) is 10.1. The van der Waals surface area contributed by atoms with Crippen LogP contribution in [0.3, 0.4) is 0 Å². The van der Waals surface area contributed by atoms with Crippen LogP contribution >= 0.6 is 0 Å². The summed E-state index contributed by atoms with van der Waals surface area (Å²) in [5.41, 5.74) is 9.92. The third-order valence-corrected chi connectivity index (χ3v) is 6.51. The Morgan fingerprint density at radius 1 is 1.03 bits per heavy atom. The van der Waals surface area contributed by atoms with Gasteiger partial charge in [0.25, 0.3) is 0 Å². The van der Waals surface area contributed by atoms with Crippen LogP contribution in [0.15, 0.2) is 65.6 Å². The molecule has 0 aliphatic heterocycles. The van der Waals surface area contributed by atoms with Gasteiger partial charge in [-0.1, -0.05) is 50.2 Å². The fraction of sp³-hybridized carbons (Fsp3) is 0.321. The minimum Gasteiger partial charge on any atom is -0.396 e. The predicted molar refractivity (Wildman–Crippen MR) is 133 cm³/mol. The quantitative estimate of drug-likeness (QED) is 0.472. The lowest BCUT2D eigenvalue weighted by atomic mass is 9.79. The van der Waals surface area contributed by atoms with Gasteiger partial charge in [0.15, 0.2) is 5.78 Å². The van der Waals surface area contributed by atoms with Crippen molar-refractivity contribution in [3.05, 3.63) is 105 Å². The molecule has 0 aliphatic rings. The Labute approximate surface area is 200 Å². The van der Waals surface area contributed by atoms with Gasteiger partial charge in [0, 0.05) is 48.7 Å². The summed E-state index contributed by atoms with van der Waals surface area (Å²) in [7, 11) is 1.62. The molecule has 6 heteroatoms. The molecule has 3 aromatic rings. The van der Waals surface area contributed by atoms with Crippen molar-refractivity contribution in [3.8, 4) is 0 Å². The van der Waals surface area contributed by atoms with Crippen LogP contribution in [-0.2, 0) is 7.05 Å². The molecule has 0 aliphatic carbocycles. The number of nitrogens with two attached hydrogens (primary N) is 1. The van der Waals surface area contributed by atoms with Crippen LogP contribution in [-0.4, -0.2) is 28.0 Å². The first kappa shape index (κ1) is 25.1. The van der Waals surface area contributed by atoms with Gasteiger partial charge in [-0.25, -0.2) is 0 Å². The summed E-state index contributed by atoms with van der Waals surface area (Å²) in [5.74, 6) is -1.10. The van der Waals surface area contributed by atoms with Gasteiger partial charge in [-0.3, -0.25) is 14.4 Å². The van der Waals surface area contributed by atoms with Crippen molar-refractivity contribution in [3.63, 3.8) is 0 Å². The predicted octanol–water partition coefficient (Wildman–Crippen LogP) is 3.93. The van der Waals surface area contributed by atoms with Crippen LogP contribution in [0.1, 0.15) is 75.1 Å². The van der Waals surface area contributed by atoms with Gasteiger partial charge in [0.2, 0.25) is 11.5 Å². The summed E-state index contributed by atoms with van der Waals surface area (Å²) < 4.78 is 1.39. The molecule has 2 aromatic carbocycles. The van der Waals surface area contributed by atoms with Crippen molar-refractivity contribution in [1.29, 1.82) is 0 Å². The monoisotopic (exact) mass is 460 g/mol. The highest BCUT2D eigenvalue weighted by Crippen LogP contribution is 2.35. The average Bonchev–Trinajstić information content (AvgIpc) is 2.79. The Morgan fingerprint density at radius 2 is 1.74 bits per heavy atom. The first-order valence-corrected chi connectivity index (χ1v) is 11.4. The minimum atomic E-state index is -0.547. The van der Waals surface area contributed by atoms with Crippen molar-refractivity contribution in [2.24, 2.45) is 18.7 Å². The number of ketones is 1. The molecule has 0 saturated carbocycles. The molecular formula is C28H32N2O4. The number of aromatic nitrogens is 1. The molecule has 0 saturated heterocycles. The smallest absolute Gasteiger partial charge is 0.250 e. The molecule has 1 aromatic heterocycles. The first-order chi connectivity index (χ1) is 16.1. The fourth-order valence-corrected chi connectivity index (χ4v) is 4.44. The fourth-order valence-electron chi connectivity index (χ4n) is 4.44. The van der Waals surface area contributed by atoms with Crippen LogP contribution in [0.25, 0.3) is 0 Å². The number of rotatable bonds is 9. The Hall–Kier alpha value is -3.51. The molecule has 0 bridgehead atoms. The van der Waals surface area contributed by atoms with Crippen molar-refractivity contribution in [2.75, 3.05) is 6.61 Å². The van der Waals surface area contributed by atoms with E-state index < -0.39 is 5.91 Å². The second-order valence-corrected chi connectivity index (χ2v) is 9.15. The maximum absolute atomic E-state index is 13.3. The second kappa shape index (κ2) is 10.6. The van der Waals surface area contributed by atoms with Crippen LogP contribution in [0.5, 0.6) is 0 Å². The zero-order valence-electron chi connectivity index (χ0n) is 20.1. The summed E-state index contributed by atoms with van der Waals surface area (Å²) in [6.07, 6.45) is 1.74. The number of aliphatic hydroxyl groups excluding tert-OH is 1. The Balaban J connectivity index is 2.14. The van der Waals surface area contributed by atoms with Crippen molar-refractivity contribution in [2.45, 2.75) is 39.0 Å². The Bertz CT molecular complexity index is 1260. The van der Waals surface area contributed by atoms with E-state index in [1.807, 2.05) is 57.2 Å². The topological polar surface area (TPSA) is 102 Å². The van der Waals surface area contributed by atoms with E-state index in [-0.39, 0.29) is 42.1 Å². The lowest BCUT2D eigenvalue weighted by Gasteiger charge is -2.25. The lowest BCUT2D eigenvalue weighted by Crippen LogP contribution is -2.21. The number of hydrogen-bond donors (Lipinski definition) is 2. The highest BCUT2D eigenvalue weighted by atomic mass is 16.3. The Morgan fingerprint density at radius 3 is 2.32 bits per heavy atom. The van der Waals surface area contributed by atoms with E-state index in [9.17, 15) is 19.5 Å². The number of carbonyl (C=O) groups is 2. The number of nitrogens with zero attached hydrogens (tertiary/aromatic N) is 1. The maximum atomic E-state index is 13.3. The van der Waals surface area contributed by atoms with E-state index in [4.69, 9.17) is 5.73 Å². The first-order valence-electron chi connectivity index (χ1n) is 11.4. The third-order valence-electron chi connectivity index (χ3n) is 6.51. The zero-order chi connectivity index (χ0) is 25.0. The molecule has 6 nitrogen and oxygen atoms in total. The van der Waals surface area contributed by atoms with Gasteiger partial charge in [0.1, 0.15) is 0 Å². The SMILES string of the molecule is Cc1ccccc1C(CC(=O)c1ccc(=O)n(C)c1)c1ccc(C(N)=O)c([C@H](CO)C(C)C)c1. The number of pyridine rings is 1. The number of primary amides is 1. The number of Topliss-reactive ketones (excluding diaryl/α,β-unsaturated/α-hetero) is 1. The van der Waals surface area contributed by atoms with Gasteiger partial charge in [-0.2, -0.15) is 0 Å². The third kappa shape index (κ3) is 5.34. The highest BCUT2D eigenvalue weighted by molar-refractivity contribution is 5.97. The van der Waals surface area contributed by atoms with E-state index >= 15 is 0 Å². The minimum absolute atomic E-state index is 0.0856. The molecule has 0 spiro atoms. The second-order valence-electron chi connectivity index (χ2n) is 9.15. The van der Waals surface area contributed by atoms with Crippen LogP contribution < -0.4 is 11.3 Å². The van der Waals surface area contributed by atoms with Crippen molar-refractivity contribution < 1.29 is 14.7 Å². The number of hydrogen-bond acceptors (Lipinski definition) is 4. The molecule has 3 N–H and O–H groups in total. The summed E-state index contributed by atoms with van der Waals surface area (Å²) in [6.45, 7) is 5.86. The van der Waals surface area contributed by atoms with Gasteiger partial charge >= 0.3 is 0 Å². The van der Waals surface area contributed by atoms with Crippen LogP contribution in [0.4, 0.5) is 0 Å². The molecule has 2 atom stereocenters. The van der Waals surface area contributed by atoms with E-state index in [1.54, 1.807) is 25.4 Å². The molecule has 0 radical (unpaired) electrons. The van der Waals surface area contributed by atoms with Gasteiger partial charge in [-0.05, 0) is 47.2 Å². The summed E-state index contributed by atoms with van der Waals surface area (Å²) >= 11 is 0. The molecule has 34 heavy (non-hydrogen) atoms. The summed E-state index contributed by atoms with van der Waals surface area (Å²) in [4.78, 5) is 37.2. The largest absolute Gasteiger partial charge is 0.396 e. The molecule has 1 heterocycles. The molecule has 0 fully saturated rings. The number of aliphatic hydroxyl groups is 1. The van der Waals surface area contributed by atoms with Gasteiger partial charge in [-0.15, -0.1) is 0 Å². The van der Waals surface area contributed by atoms with E-state index in [1.165, 1.54) is 10.6 Å². The van der Waals surface area contributed by atoms with Crippen LogP contribution in [0.2, 0.25) is 0 Å². The molecule has 3 rings (SSSR count). The number of aryl methyl sites for hydroxylation is 2. The van der Waals surface area contributed by atoms with Gasteiger partial charge < -0.3 is 15.4 Å².